The summed E-state index contributed by atoms with van der Waals surface area (Å²) >= 11 is 10.7. The first-order valence-electron chi connectivity index (χ1n) is 14.8. The van der Waals surface area contributed by atoms with Gasteiger partial charge >= 0.3 is 6.03 Å². The third-order valence-corrected chi connectivity index (χ3v) is 9.43. The van der Waals surface area contributed by atoms with Gasteiger partial charge in [-0.05, 0) is 84.7 Å². The van der Waals surface area contributed by atoms with Gasteiger partial charge in [0.25, 0.3) is 0 Å². The molecule has 3 aromatic rings. The number of aliphatic imine (C=N–C) groups is 2. The van der Waals surface area contributed by atoms with Crippen LogP contribution in [-0.4, -0.2) is 65.7 Å². The molecule has 4 amide bonds. The summed E-state index contributed by atoms with van der Waals surface area (Å²) in [5.41, 5.74) is 21.8. The van der Waals surface area contributed by atoms with Crippen molar-refractivity contribution in [2.45, 2.75) is 38.5 Å². The quantitative estimate of drug-likeness (QED) is 0.0779. The van der Waals surface area contributed by atoms with Gasteiger partial charge in [0, 0.05) is 39.6 Å². The number of nitrogens with zero attached hydrogens (tertiary/aromatic N) is 4. The van der Waals surface area contributed by atoms with Gasteiger partial charge in [0.2, 0.25) is 11.8 Å². The number of nitrogens with two attached hydrogens (primary N) is 4. The first-order valence-corrected chi connectivity index (χ1v) is 17.2. The Kier molecular flexibility index (Phi) is 12.2. The van der Waals surface area contributed by atoms with Crippen LogP contribution in [0.15, 0.2) is 78.0 Å². The highest BCUT2D eigenvalue weighted by atomic mass is 79.9. The van der Waals surface area contributed by atoms with E-state index in [0.29, 0.717) is 38.8 Å². The van der Waals surface area contributed by atoms with Crippen LogP contribution >= 0.6 is 47.8 Å². The average Bonchev–Trinajstić information content (AvgIpc) is 2.99. The zero-order chi connectivity index (χ0) is 33.4. The van der Waals surface area contributed by atoms with Crippen molar-refractivity contribution in [3.8, 4) is 0 Å². The summed E-state index contributed by atoms with van der Waals surface area (Å²) in [4.78, 5) is 53.8. The van der Waals surface area contributed by atoms with Gasteiger partial charge in [-0.1, -0.05) is 78.1 Å². The molecular formula is C32H37Br3N8O3. The molecular weight excluding hydrogens is 784 g/mol. The summed E-state index contributed by atoms with van der Waals surface area (Å²) in [6, 6.07) is 16.7. The molecule has 0 aliphatic carbocycles. The van der Waals surface area contributed by atoms with E-state index in [1.807, 2.05) is 54.6 Å². The number of halogens is 3. The molecule has 14 heteroatoms. The third kappa shape index (κ3) is 8.45. The van der Waals surface area contributed by atoms with Crippen LogP contribution < -0.4 is 22.9 Å². The predicted octanol–water partition coefficient (Wildman–Crippen LogP) is 4.80. The second-order valence-electron chi connectivity index (χ2n) is 11.2. The van der Waals surface area contributed by atoms with Gasteiger partial charge in [0.1, 0.15) is 5.41 Å². The number of barbiturate groups is 1. The fraction of sp³-hybridized carbons (Fsp3) is 0.344. The number of amides is 4. The van der Waals surface area contributed by atoms with Crippen LogP contribution in [0.2, 0.25) is 0 Å². The van der Waals surface area contributed by atoms with Gasteiger partial charge in [0.05, 0.1) is 0 Å². The lowest BCUT2D eigenvalue weighted by Gasteiger charge is -2.44. The van der Waals surface area contributed by atoms with Crippen LogP contribution in [0.4, 0.5) is 4.79 Å². The molecule has 11 nitrogen and oxygen atoms in total. The van der Waals surface area contributed by atoms with Crippen LogP contribution in [-0.2, 0) is 22.4 Å². The molecule has 0 saturated carbocycles. The van der Waals surface area contributed by atoms with Crippen LogP contribution in [0, 0.1) is 5.41 Å². The molecule has 1 fully saturated rings. The van der Waals surface area contributed by atoms with E-state index in [9.17, 15) is 14.4 Å². The summed E-state index contributed by atoms with van der Waals surface area (Å²) in [6.45, 7) is 0.934. The minimum atomic E-state index is -1.61. The summed E-state index contributed by atoms with van der Waals surface area (Å²) in [7, 11) is 0. The van der Waals surface area contributed by atoms with E-state index >= 15 is 0 Å². The van der Waals surface area contributed by atoms with E-state index in [4.69, 9.17) is 22.9 Å². The van der Waals surface area contributed by atoms with E-state index in [2.05, 4.69) is 57.8 Å². The van der Waals surface area contributed by atoms with E-state index in [1.54, 1.807) is 0 Å². The number of rotatable bonds is 14. The largest absolute Gasteiger partial charge is 0.370 e. The minimum absolute atomic E-state index is 0.0245. The van der Waals surface area contributed by atoms with Crippen LogP contribution in [0.5, 0.6) is 0 Å². The average molecular weight is 821 g/mol. The highest BCUT2D eigenvalue weighted by Gasteiger charge is 2.57. The monoisotopic (exact) mass is 818 g/mol. The van der Waals surface area contributed by atoms with E-state index < -0.39 is 23.3 Å². The molecule has 244 valence electrons. The Morgan fingerprint density at radius 2 is 1.20 bits per heavy atom. The fourth-order valence-corrected chi connectivity index (χ4v) is 7.60. The maximum Gasteiger partial charge on any atom is 0.333 e. The standard InChI is InChI=1S/C32H37Br3N8O3/c33-22-15-20(16-23(34)17-22)18-32(19-21-9-10-26(35)25-8-2-1-7-24(21)25)27(44)42(13-5-3-11-40-29(36)37)31(46)43(28(32)45)14-6-4-12-41-30(38)39/h1-2,7-10,15-17H,3-6,11-14,18-19H2,(H4,36,37,40)(H4,38,39,41). The summed E-state index contributed by atoms with van der Waals surface area (Å²) in [5.74, 6) is -1.10. The number of carbonyl (C=O) groups excluding carboxylic acids is 3. The Bertz CT molecular complexity index is 1600. The van der Waals surface area contributed by atoms with E-state index in [-0.39, 0.29) is 37.9 Å². The smallest absolute Gasteiger partial charge is 0.333 e. The Morgan fingerprint density at radius 1 is 0.674 bits per heavy atom. The number of unbranched alkanes of at least 4 members (excludes halogenated alkanes) is 2. The summed E-state index contributed by atoms with van der Waals surface area (Å²) in [5, 5.41) is 1.87. The van der Waals surface area contributed by atoms with Crippen LogP contribution in [0.3, 0.4) is 0 Å². The number of hydrogen-bond acceptors (Lipinski definition) is 5. The number of benzene rings is 3. The van der Waals surface area contributed by atoms with Crippen molar-refractivity contribution >= 4 is 88.3 Å². The Labute approximate surface area is 293 Å². The van der Waals surface area contributed by atoms with Crippen molar-refractivity contribution in [1.82, 2.24) is 9.80 Å². The summed E-state index contributed by atoms with van der Waals surface area (Å²) in [6.07, 6.45) is 2.18. The van der Waals surface area contributed by atoms with Crippen molar-refractivity contribution in [3.63, 3.8) is 0 Å². The molecule has 1 heterocycles. The highest BCUT2D eigenvalue weighted by Crippen LogP contribution is 2.40. The van der Waals surface area contributed by atoms with Gasteiger partial charge in [-0.15, -0.1) is 0 Å². The lowest BCUT2D eigenvalue weighted by Crippen LogP contribution is -2.66. The molecule has 0 unspecified atom stereocenters. The van der Waals surface area contributed by atoms with Crippen molar-refractivity contribution in [2.24, 2.45) is 38.3 Å². The second kappa shape index (κ2) is 15.9. The molecule has 1 saturated heterocycles. The maximum atomic E-state index is 14.7. The van der Waals surface area contributed by atoms with Crippen molar-refractivity contribution < 1.29 is 14.4 Å². The summed E-state index contributed by atoms with van der Waals surface area (Å²) < 4.78 is 2.49. The van der Waals surface area contributed by atoms with Crippen LogP contribution in [0.25, 0.3) is 10.8 Å². The lowest BCUT2D eigenvalue weighted by atomic mass is 9.72. The number of urea groups is 1. The molecule has 0 atom stereocenters. The number of guanidine groups is 2. The maximum absolute atomic E-state index is 14.7. The van der Waals surface area contributed by atoms with Gasteiger partial charge in [-0.2, -0.15) is 0 Å². The predicted molar refractivity (Wildman–Crippen MR) is 192 cm³/mol. The van der Waals surface area contributed by atoms with Crippen molar-refractivity contribution in [1.29, 1.82) is 0 Å². The molecule has 0 radical (unpaired) electrons. The molecule has 3 aromatic carbocycles. The SMILES string of the molecule is NC(N)=NCCCCN1C(=O)N(CCCCN=C(N)N)C(=O)C(Cc2cc(Br)cc(Br)c2)(Cc2ccc(Br)c3ccccc23)C1=O. The fourth-order valence-electron chi connectivity index (χ4n) is 5.73. The first kappa shape index (κ1) is 35.4. The highest BCUT2D eigenvalue weighted by molar-refractivity contribution is 9.11. The van der Waals surface area contributed by atoms with Gasteiger partial charge in [-0.3, -0.25) is 29.4 Å². The van der Waals surface area contributed by atoms with E-state index in [0.717, 1.165) is 35.3 Å². The second-order valence-corrected chi connectivity index (χ2v) is 13.9. The van der Waals surface area contributed by atoms with Crippen molar-refractivity contribution in [2.75, 3.05) is 26.2 Å². The number of imide groups is 2. The number of hydrogen-bond donors (Lipinski definition) is 4. The molecule has 1 aliphatic heterocycles. The Morgan fingerprint density at radius 3 is 1.72 bits per heavy atom. The molecule has 0 bridgehead atoms. The lowest BCUT2D eigenvalue weighted by molar-refractivity contribution is -0.159. The van der Waals surface area contributed by atoms with Gasteiger partial charge in [0.15, 0.2) is 11.9 Å². The van der Waals surface area contributed by atoms with Crippen molar-refractivity contribution in [3.05, 3.63) is 79.1 Å². The van der Waals surface area contributed by atoms with Gasteiger partial charge < -0.3 is 22.9 Å². The normalized spacial score (nSPS) is 14.5. The Balaban J connectivity index is 1.81. The first-order chi connectivity index (χ1) is 21.9. The topological polar surface area (TPSA) is 186 Å². The molecule has 0 spiro atoms. The minimum Gasteiger partial charge on any atom is -0.370 e. The third-order valence-electron chi connectivity index (χ3n) is 7.82. The number of fused-ring (bicyclic) bond motifs is 1. The molecule has 46 heavy (non-hydrogen) atoms. The molecule has 0 aromatic heterocycles. The zero-order valence-corrected chi connectivity index (χ0v) is 30.0. The Hall–Kier alpha value is -3.49. The molecule has 1 aliphatic rings. The molecule has 8 N–H and O–H groups in total. The zero-order valence-electron chi connectivity index (χ0n) is 25.2. The van der Waals surface area contributed by atoms with Gasteiger partial charge in [-0.25, -0.2) is 4.79 Å². The molecule has 4 rings (SSSR count). The number of carbonyl (C=O) groups is 3. The van der Waals surface area contributed by atoms with Crippen LogP contribution in [0.1, 0.15) is 36.8 Å². The van der Waals surface area contributed by atoms with E-state index in [1.165, 1.54) is 9.80 Å².